The van der Waals surface area contributed by atoms with E-state index in [0.717, 1.165) is 10.5 Å². The summed E-state index contributed by atoms with van der Waals surface area (Å²) in [6, 6.07) is 5.32. The Hall–Kier alpha value is -0.870. The molecule has 1 aliphatic rings. The second-order valence-corrected chi connectivity index (χ2v) is 4.66. The van der Waals surface area contributed by atoms with Gasteiger partial charge >= 0.3 is 0 Å². The standard InChI is InChI=1S/C9H11NO2S/c1-9(2)7-5-6(10)3-4-8(7)13(11)12-9/h3-5H,10H2,1-2H3. The van der Waals surface area contributed by atoms with Crippen LogP contribution < -0.4 is 5.73 Å². The molecule has 2 rings (SSSR count). The van der Waals surface area contributed by atoms with Crippen LogP contribution in [-0.2, 0) is 20.9 Å². The van der Waals surface area contributed by atoms with Crippen LogP contribution in [0.1, 0.15) is 19.4 Å². The van der Waals surface area contributed by atoms with E-state index in [4.69, 9.17) is 9.92 Å². The molecule has 1 aromatic carbocycles. The maximum atomic E-state index is 11.4. The molecular weight excluding hydrogens is 186 g/mol. The third-order valence-electron chi connectivity index (χ3n) is 2.12. The molecule has 0 saturated carbocycles. The van der Waals surface area contributed by atoms with E-state index in [0.29, 0.717) is 5.69 Å². The van der Waals surface area contributed by atoms with Gasteiger partial charge in [-0.25, -0.2) is 4.21 Å². The van der Waals surface area contributed by atoms with Crippen molar-refractivity contribution in [2.75, 3.05) is 5.73 Å². The maximum Gasteiger partial charge on any atom is 0.190 e. The van der Waals surface area contributed by atoms with Crippen molar-refractivity contribution in [3.8, 4) is 0 Å². The molecular formula is C9H11NO2S. The highest BCUT2D eigenvalue weighted by Crippen LogP contribution is 2.39. The molecule has 2 N–H and O–H groups in total. The first kappa shape index (κ1) is 8.72. The quantitative estimate of drug-likeness (QED) is 0.642. The predicted molar refractivity (Wildman–Crippen MR) is 51.4 cm³/mol. The third-order valence-corrected chi connectivity index (χ3v) is 3.40. The van der Waals surface area contributed by atoms with Crippen molar-refractivity contribution in [1.29, 1.82) is 0 Å². The van der Waals surface area contributed by atoms with Crippen LogP contribution in [0.25, 0.3) is 0 Å². The molecule has 0 amide bonds. The van der Waals surface area contributed by atoms with Gasteiger partial charge in [-0.1, -0.05) is 0 Å². The van der Waals surface area contributed by atoms with E-state index in [1.54, 1.807) is 12.1 Å². The second kappa shape index (κ2) is 2.56. The van der Waals surface area contributed by atoms with Crippen molar-refractivity contribution in [3.05, 3.63) is 23.8 Å². The lowest BCUT2D eigenvalue weighted by Crippen LogP contribution is -2.15. The summed E-state index contributed by atoms with van der Waals surface area (Å²) in [5.74, 6) is 0. The normalized spacial score (nSPS) is 24.3. The van der Waals surface area contributed by atoms with E-state index in [-0.39, 0.29) is 0 Å². The van der Waals surface area contributed by atoms with E-state index in [9.17, 15) is 4.21 Å². The van der Waals surface area contributed by atoms with Crippen LogP contribution in [0.2, 0.25) is 0 Å². The topological polar surface area (TPSA) is 52.3 Å². The van der Waals surface area contributed by atoms with Crippen LogP contribution in [0.5, 0.6) is 0 Å². The molecule has 0 bridgehead atoms. The predicted octanol–water partition coefficient (Wildman–Crippen LogP) is 1.56. The molecule has 0 aliphatic carbocycles. The van der Waals surface area contributed by atoms with Crippen molar-refractivity contribution in [2.45, 2.75) is 24.3 Å². The Morgan fingerprint density at radius 3 is 2.85 bits per heavy atom. The van der Waals surface area contributed by atoms with E-state index in [2.05, 4.69) is 0 Å². The molecule has 0 saturated heterocycles. The molecule has 13 heavy (non-hydrogen) atoms. The average Bonchev–Trinajstić information content (AvgIpc) is 2.23. The lowest BCUT2D eigenvalue weighted by molar-refractivity contribution is 0.142. The molecule has 0 aromatic heterocycles. The van der Waals surface area contributed by atoms with Crippen molar-refractivity contribution >= 4 is 16.8 Å². The van der Waals surface area contributed by atoms with Gasteiger partial charge in [0.05, 0.1) is 4.90 Å². The first-order valence-corrected chi connectivity index (χ1v) is 5.09. The number of fused-ring (bicyclic) bond motifs is 1. The summed E-state index contributed by atoms with van der Waals surface area (Å²) in [5, 5.41) is 0. The van der Waals surface area contributed by atoms with E-state index in [1.165, 1.54) is 0 Å². The Bertz CT molecular complexity index is 387. The molecule has 1 aliphatic heterocycles. The van der Waals surface area contributed by atoms with Gasteiger partial charge in [0.1, 0.15) is 5.60 Å². The zero-order chi connectivity index (χ0) is 9.64. The Kier molecular flexibility index (Phi) is 1.72. The molecule has 1 unspecified atom stereocenters. The first-order valence-electron chi connectivity index (χ1n) is 4.02. The fourth-order valence-corrected chi connectivity index (χ4v) is 2.66. The van der Waals surface area contributed by atoms with Gasteiger partial charge in [-0.3, -0.25) is 4.18 Å². The lowest BCUT2D eigenvalue weighted by Gasteiger charge is -2.15. The highest BCUT2D eigenvalue weighted by atomic mass is 32.2. The Morgan fingerprint density at radius 2 is 2.15 bits per heavy atom. The minimum atomic E-state index is -1.33. The fourth-order valence-electron chi connectivity index (χ4n) is 1.44. The van der Waals surface area contributed by atoms with Crippen LogP contribution in [0.15, 0.2) is 23.1 Å². The van der Waals surface area contributed by atoms with Gasteiger partial charge in [-0.15, -0.1) is 0 Å². The van der Waals surface area contributed by atoms with Crippen LogP contribution in [0.3, 0.4) is 0 Å². The Morgan fingerprint density at radius 1 is 1.46 bits per heavy atom. The smallest absolute Gasteiger partial charge is 0.190 e. The van der Waals surface area contributed by atoms with E-state index >= 15 is 0 Å². The average molecular weight is 197 g/mol. The van der Waals surface area contributed by atoms with Crippen molar-refractivity contribution in [2.24, 2.45) is 0 Å². The second-order valence-electron chi connectivity index (χ2n) is 3.58. The summed E-state index contributed by atoms with van der Waals surface area (Å²) < 4.78 is 16.7. The summed E-state index contributed by atoms with van der Waals surface area (Å²) in [4.78, 5) is 0.735. The molecule has 3 nitrogen and oxygen atoms in total. The van der Waals surface area contributed by atoms with Gasteiger partial charge in [0.25, 0.3) is 0 Å². The van der Waals surface area contributed by atoms with Crippen molar-refractivity contribution in [3.63, 3.8) is 0 Å². The maximum absolute atomic E-state index is 11.4. The summed E-state index contributed by atoms with van der Waals surface area (Å²) in [6.07, 6.45) is 0. The SMILES string of the molecule is CC1(C)OS(=O)c2ccc(N)cc21. The number of hydrogen-bond donors (Lipinski definition) is 1. The van der Waals surface area contributed by atoms with Gasteiger partial charge in [0.2, 0.25) is 0 Å². The minimum Gasteiger partial charge on any atom is -0.399 e. The molecule has 0 spiro atoms. The van der Waals surface area contributed by atoms with Crippen LogP contribution in [0, 0.1) is 0 Å². The van der Waals surface area contributed by atoms with Crippen LogP contribution >= 0.6 is 0 Å². The molecule has 1 atom stereocenters. The molecule has 0 radical (unpaired) electrons. The molecule has 1 aromatic rings. The van der Waals surface area contributed by atoms with Crippen molar-refractivity contribution < 1.29 is 8.39 Å². The van der Waals surface area contributed by atoms with Gasteiger partial charge < -0.3 is 5.73 Å². The van der Waals surface area contributed by atoms with Crippen LogP contribution in [-0.4, -0.2) is 4.21 Å². The Labute approximate surface area is 79.6 Å². The fraction of sp³-hybridized carbons (Fsp3) is 0.333. The first-order chi connectivity index (χ1) is 6.00. The molecule has 4 heteroatoms. The van der Waals surface area contributed by atoms with Gasteiger partial charge in [-0.2, -0.15) is 0 Å². The molecule has 0 fully saturated rings. The third kappa shape index (κ3) is 1.26. The Balaban J connectivity index is 2.66. The number of nitrogen functional groups attached to an aromatic ring is 1. The largest absolute Gasteiger partial charge is 0.399 e. The van der Waals surface area contributed by atoms with Gasteiger partial charge in [0, 0.05) is 11.3 Å². The monoisotopic (exact) mass is 197 g/mol. The lowest BCUT2D eigenvalue weighted by atomic mass is 9.98. The van der Waals surface area contributed by atoms with E-state index in [1.807, 2.05) is 19.9 Å². The van der Waals surface area contributed by atoms with E-state index < -0.39 is 16.7 Å². The number of benzene rings is 1. The summed E-state index contributed by atoms with van der Waals surface area (Å²) in [7, 11) is 0. The summed E-state index contributed by atoms with van der Waals surface area (Å²) in [6.45, 7) is 3.77. The zero-order valence-corrected chi connectivity index (χ0v) is 8.35. The zero-order valence-electron chi connectivity index (χ0n) is 7.53. The number of nitrogens with two attached hydrogens (primary N) is 1. The highest BCUT2D eigenvalue weighted by Gasteiger charge is 2.36. The summed E-state index contributed by atoms with van der Waals surface area (Å²) in [5.41, 5.74) is 6.75. The van der Waals surface area contributed by atoms with Gasteiger partial charge in [-0.05, 0) is 32.0 Å². The number of anilines is 1. The number of hydrogen-bond acceptors (Lipinski definition) is 3. The minimum absolute atomic E-state index is 0.491. The van der Waals surface area contributed by atoms with Crippen LogP contribution in [0.4, 0.5) is 5.69 Å². The molecule has 1 heterocycles. The highest BCUT2D eigenvalue weighted by molar-refractivity contribution is 7.80. The molecule has 70 valence electrons. The summed E-state index contributed by atoms with van der Waals surface area (Å²) >= 11 is -1.33. The van der Waals surface area contributed by atoms with Crippen molar-refractivity contribution in [1.82, 2.24) is 0 Å². The number of rotatable bonds is 0. The van der Waals surface area contributed by atoms with Gasteiger partial charge in [0.15, 0.2) is 11.1 Å².